The lowest BCUT2D eigenvalue weighted by Gasteiger charge is -2.28. The van der Waals surface area contributed by atoms with Gasteiger partial charge in [-0.25, -0.2) is 4.79 Å². The maximum absolute atomic E-state index is 13.2. The van der Waals surface area contributed by atoms with E-state index in [0.29, 0.717) is 0 Å². The van der Waals surface area contributed by atoms with Crippen molar-refractivity contribution in [2.75, 3.05) is 6.61 Å². The smallest absolute Gasteiger partial charge is 0.430 e. The molecule has 1 heterocycles. The minimum atomic E-state index is -4.88. The average Bonchev–Trinajstić information content (AvgIpc) is 2.44. The van der Waals surface area contributed by atoms with Crippen LogP contribution in [0.25, 0.3) is 6.08 Å². The highest BCUT2D eigenvalue weighted by Gasteiger charge is 2.49. The van der Waals surface area contributed by atoms with Crippen molar-refractivity contribution in [2.24, 2.45) is 5.73 Å². The maximum atomic E-state index is 13.2. The van der Waals surface area contributed by atoms with Crippen LogP contribution in [-0.2, 0) is 9.53 Å². The van der Waals surface area contributed by atoms with E-state index in [0.717, 1.165) is 12.1 Å². The van der Waals surface area contributed by atoms with Crippen molar-refractivity contribution in [1.82, 2.24) is 0 Å². The van der Waals surface area contributed by atoms with Gasteiger partial charge in [-0.05, 0) is 25.1 Å². The molecule has 9 heteroatoms. The van der Waals surface area contributed by atoms with Gasteiger partial charge in [0.25, 0.3) is 5.91 Å². The standard InChI is InChI=1S/C14H11ClF3NO4/c1-2-22-13(21)9-4-6-3-7(15)5-8(12(19)20)10(6)23-11(9)14(16,17)18/h3-5,11H,2H2,1H3,(H2,19,20). The van der Waals surface area contributed by atoms with Gasteiger partial charge in [0.05, 0.1) is 17.7 Å². The van der Waals surface area contributed by atoms with E-state index in [1.54, 1.807) is 0 Å². The number of hydrogen-bond acceptors (Lipinski definition) is 4. The highest BCUT2D eigenvalue weighted by atomic mass is 35.5. The fourth-order valence-electron chi connectivity index (χ4n) is 2.08. The SMILES string of the molecule is CCOC(=O)C1=Cc2cc(Cl)cc(C(N)=O)c2OC1C(F)(F)F. The topological polar surface area (TPSA) is 78.6 Å². The largest absolute Gasteiger partial charge is 0.474 e. The molecule has 0 bridgehead atoms. The summed E-state index contributed by atoms with van der Waals surface area (Å²) in [6.07, 6.45) is -6.51. The van der Waals surface area contributed by atoms with Gasteiger partial charge in [0.1, 0.15) is 5.75 Å². The van der Waals surface area contributed by atoms with Crippen molar-refractivity contribution in [3.05, 3.63) is 33.9 Å². The summed E-state index contributed by atoms with van der Waals surface area (Å²) in [5.74, 6) is -2.55. The summed E-state index contributed by atoms with van der Waals surface area (Å²) in [6, 6.07) is 2.36. The molecule has 0 fully saturated rings. The van der Waals surface area contributed by atoms with Gasteiger partial charge in [0.2, 0.25) is 6.10 Å². The fraction of sp³-hybridized carbons (Fsp3) is 0.286. The Balaban J connectivity index is 2.64. The van der Waals surface area contributed by atoms with Gasteiger partial charge in [-0.15, -0.1) is 0 Å². The summed E-state index contributed by atoms with van der Waals surface area (Å²) in [5.41, 5.74) is 4.13. The van der Waals surface area contributed by atoms with Crippen LogP contribution in [-0.4, -0.2) is 30.8 Å². The van der Waals surface area contributed by atoms with Gasteiger partial charge in [-0.3, -0.25) is 4.79 Å². The number of amides is 1. The van der Waals surface area contributed by atoms with Crippen LogP contribution < -0.4 is 10.5 Å². The number of fused-ring (bicyclic) bond motifs is 1. The number of nitrogens with two attached hydrogens (primary N) is 1. The highest BCUT2D eigenvalue weighted by Crippen LogP contribution is 2.40. The zero-order chi connectivity index (χ0) is 17.4. The number of rotatable bonds is 3. The van der Waals surface area contributed by atoms with Crippen LogP contribution in [0.1, 0.15) is 22.8 Å². The van der Waals surface area contributed by atoms with Gasteiger partial charge in [-0.2, -0.15) is 13.2 Å². The van der Waals surface area contributed by atoms with E-state index in [-0.39, 0.29) is 28.5 Å². The number of ether oxygens (including phenoxy) is 2. The van der Waals surface area contributed by atoms with Crippen molar-refractivity contribution in [2.45, 2.75) is 19.2 Å². The molecule has 1 aliphatic heterocycles. The Labute approximate surface area is 133 Å². The third-order valence-corrected chi connectivity index (χ3v) is 3.20. The van der Waals surface area contributed by atoms with E-state index < -0.39 is 29.7 Å². The predicted molar refractivity (Wildman–Crippen MR) is 75.1 cm³/mol. The summed E-state index contributed by atoms with van der Waals surface area (Å²) in [6.45, 7) is 1.36. The van der Waals surface area contributed by atoms with Crippen LogP contribution in [0.2, 0.25) is 5.02 Å². The van der Waals surface area contributed by atoms with Crippen molar-refractivity contribution in [3.63, 3.8) is 0 Å². The van der Waals surface area contributed by atoms with Crippen molar-refractivity contribution in [1.29, 1.82) is 0 Å². The summed E-state index contributed by atoms with van der Waals surface area (Å²) < 4.78 is 49.0. The summed E-state index contributed by atoms with van der Waals surface area (Å²) in [4.78, 5) is 23.2. The zero-order valence-corrected chi connectivity index (χ0v) is 12.5. The monoisotopic (exact) mass is 349 g/mol. The molecular weight excluding hydrogens is 339 g/mol. The van der Waals surface area contributed by atoms with Crippen LogP contribution in [0.3, 0.4) is 0 Å². The molecule has 1 amide bonds. The van der Waals surface area contributed by atoms with Crippen LogP contribution in [0.5, 0.6) is 5.75 Å². The normalized spacial score (nSPS) is 16.9. The van der Waals surface area contributed by atoms with E-state index in [2.05, 4.69) is 4.74 Å². The molecule has 0 saturated carbocycles. The highest BCUT2D eigenvalue weighted by molar-refractivity contribution is 6.31. The molecule has 0 aromatic heterocycles. The molecule has 1 atom stereocenters. The summed E-state index contributed by atoms with van der Waals surface area (Å²) in [5, 5.41) is 0.0612. The van der Waals surface area contributed by atoms with Gasteiger partial charge in [0.15, 0.2) is 0 Å². The number of carbonyl (C=O) groups is 2. The van der Waals surface area contributed by atoms with Gasteiger partial charge in [-0.1, -0.05) is 11.6 Å². The quantitative estimate of drug-likeness (QED) is 0.851. The summed E-state index contributed by atoms with van der Waals surface area (Å²) in [7, 11) is 0. The number of primary amides is 1. The Morgan fingerprint density at radius 3 is 2.57 bits per heavy atom. The van der Waals surface area contributed by atoms with Crippen LogP contribution in [0, 0.1) is 0 Å². The predicted octanol–water partition coefficient (Wildman–Crippen LogP) is 2.71. The van der Waals surface area contributed by atoms with E-state index in [9.17, 15) is 22.8 Å². The molecule has 1 aromatic rings. The first-order valence-electron chi connectivity index (χ1n) is 6.40. The number of alkyl halides is 3. The minimum Gasteiger partial charge on any atom is -0.474 e. The molecule has 0 radical (unpaired) electrons. The number of halogens is 4. The van der Waals surface area contributed by atoms with Crippen molar-refractivity contribution >= 4 is 29.6 Å². The molecule has 23 heavy (non-hydrogen) atoms. The van der Waals surface area contributed by atoms with Crippen LogP contribution >= 0.6 is 11.6 Å². The van der Waals surface area contributed by atoms with Crippen molar-refractivity contribution < 1.29 is 32.2 Å². The second-order valence-corrected chi connectivity index (χ2v) is 5.03. The average molecular weight is 350 g/mol. The third kappa shape index (κ3) is 3.42. The lowest BCUT2D eigenvalue weighted by molar-refractivity contribution is -0.188. The molecule has 124 valence electrons. The Hall–Kier alpha value is -2.22. The van der Waals surface area contributed by atoms with Crippen LogP contribution in [0.4, 0.5) is 13.2 Å². The first kappa shape index (κ1) is 17.1. The number of carbonyl (C=O) groups excluding carboxylic acids is 2. The third-order valence-electron chi connectivity index (χ3n) is 2.99. The molecule has 0 aliphatic carbocycles. The Morgan fingerprint density at radius 2 is 2.04 bits per heavy atom. The van der Waals surface area contributed by atoms with Gasteiger partial charge < -0.3 is 15.2 Å². The molecule has 1 aliphatic rings. The molecule has 0 spiro atoms. The Bertz CT molecular complexity index is 700. The Kier molecular flexibility index (Phi) is 4.56. The number of esters is 1. The lowest BCUT2D eigenvalue weighted by atomic mass is 9.98. The second kappa shape index (κ2) is 6.11. The fourth-order valence-corrected chi connectivity index (χ4v) is 2.31. The van der Waals surface area contributed by atoms with Gasteiger partial charge >= 0.3 is 12.1 Å². The van der Waals surface area contributed by atoms with E-state index in [4.69, 9.17) is 22.1 Å². The van der Waals surface area contributed by atoms with Crippen LogP contribution in [0.15, 0.2) is 17.7 Å². The Morgan fingerprint density at radius 1 is 1.39 bits per heavy atom. The molecule has 2 N–H and O–H groups in total. The van der Waals surface area contributed by atoms with Gasteiger partial charge in [0, 0.05) is 10.6 Å². The first-order valence-corrected chi connectivity index (χ1v) is 6.78. The van der Waals surface area contributed by atoms with E-state index in [1.807, 2.05) is 0 Å². The molecule has 5 nitrogen and oxygen atoms in total. The molecule has 0 saturated heterocycles. The number of hydrogen-bond donors (Lipinski definition) is 1. The minimum absolute atomic E-state index is 0.0369. The number of benzene rings is 1. The molecule has 1 unspecified atom stereocenters. The molecule has 2 rings (SSSR count). The lowest BCUT2D eigenvalue weighted by Crippen LogP contribution is -2.41. The summed E-state index contributed by atoms with van der Waals surface area (Å²) >= 11 is 5.81. The van der Waals surface area contributed by atoms with E-state index >= 15 is 0 Å². The van der Waals surface area contributed by atoms with Crippen molar-refractivity contribution in [3.8, 4) is 5.75 Å². The molecular formula is C14H11ClF3NO4. The zero-order valence-electron chi connectivity index (χ0n) is 11.7. The second-order valence-electron chi connectivity index (χ2n) is 4.60. The first-order chi connectivity index (χ1) is 10.6. The van der Waals surface area contributed by atoms with E-state index in [1.165, 1.54) is 13.0 Å². The maximum Gasteiger partial charge on any atom is 0.430 e. The molecule has 1 aromatic carbocycles.